The first-order valence-electron chi connectivity index (χ1n) is 17.8. The third kappa shape index (κ3) is 28.1. The van der Waals surface area contributed by atoms with Gasteiger partial charge in [-0.3, -0.25) is 9.35 Å². The van der Waals surface area contributed by atoms with Crippen LogP contribution in [0, 0.1) is 0 Å². The Morgan fingerprint density at radius 1 is 0.548 bits per heavy atom. The number of aliphatic hydroxyl groups is 2. The summed E-state index contributed by atoms with van der Waals surface area (Å²) in [6.45, 7) is 4.47. The van der Waals surface area contributed by atoms with E-state index in [1.165, 1.54) is 116 Å². The molecule has 252 valence electrons. The Bertz CT molecular complexity index is 702. The van der Waals surface area contributed by atoms with Crippen molar-refractivity contribution in [3.8, 4) is 0 Å². The predicted molar refractivity (Wildman–Crippen MR) is 176 cm³/mol. The maximum atomic E-state index is 12.5. The minimum atomic E-state index is -4.39. The zero-order valence-electron chi connectivity index (χ0n) is 27.5. The summed E-state index contributed by atoms with van der Waals surface area (Å²) in [6, 6.07) is -1.14. The number of carbonyl (C=O) groups is 1. The minimum Gasteiger partial charge on any atom is -0.391 e. The highest BCUT2D eigenvalue weighted by Crippen LogP contribution is 2.16. The van der Waals surface area contributed by atoms with E-state index >= 15 is 0 Å². The van der Waals surface area contributed by atoms with Crippen molar-refractivity contribution in [1.29, 1.82) is 0 Å². The van der Waals surface area contributed by atoms with Gasteiger partial charge in [0.25, 0.3) is 10.1 Å². The van der Waals surface area contributed by atoms with Crippen LogP contribution in [0.25, 0.3) is 0 Å². The van der Waals surface area contributed by atoms with E-state index in [1.54, 1.807) is 0 Å². The van der Waals surface area contributed by atoms with Gasteiger partial charge in [-0.2, -0.15) is 8.42 Å². The van der Waals surface area contributed by atoms with Gasteiger partial charge in [0.15, 0.2) is 0 Å². The number of nitrogens with one attached hydrogen (secondary N) is 1. The molecule has 0 aliphatic carbocycles. The highest BCUT2D eigenvalue weighted by Gasteiger charge is 2.28. The Labute approximate surface area is 260 Å². The molecule has 0 aliphatic heterocycles. The number of aliphatic hydroxyl groups excluding tert-OH is 2. The molecule has 0 aromatic carbocycles. The first kappa shape index (κ1) is 41.3. The topological polar surface area (TPSA) is 124 Å². The second-order valence-corrected chi connectivity index (χ2v) is 14.2. The van der Waals surface area contributed by atoms with Crippen LogP contribution in [0.15, 0.2) is 0 Å². The molecule has 8 heteroatoms. The average Bonchev–Trinajstić information content (AvgIpc) is 2.94. The van der Waals surface area contributed by atoms with Crippen molar-refractivity contribution in [1.82, 2.24) is 5.32 Å². The molecule has 0 radical (unpaired) electrons. The van der Waals surface area contributed by atoms with E-state index in [9.17, 15) is 28.0 Å². The molecule has 0 bridgehead atoms. The molecule has 0 saturated heterocycles. The molecule has 4 N–H and O–H groups in total. The maximum Gasteiger partial charge on any atom is 0.266 e. The van der Waals surface area contributed by atoms with E-state index in [0.29, 0.717) is 12.8 Å². The van der Waals surface area contributed by atoms with Gasteiger partial charge in [-0.15, -0.1) is 0 Å². The summed E-state index contributed by atoms with van der Waals surface area (Å²) in [6.07, 6.45) is 28.4. The van der Waals surface area contributed by atoms with Gasteiger partial charge < -0.3 is 15.5 Å². The zero-order valence-corrected chi connectivity index (χ0v) is 28.3. The fourth-order valence-corrected chi connectivity index (χ4v) is 6.40. The maximum absolute atomic E-state index is 12.5. The summed E-state index contributed by atoms with van der Waals surface area (Å²) in [5, 5.41) is 23.4. The van der Waals surface area contributed by atoms with E-state index in [1.807, 2.05) is 0 Å². The fourth-order valence-electron chi connectivity index (χ4n) is 5.64. The molecule has 1 amide bonds. The van der Waals surface area contributed by atoms with Crippen molar-refractivity contribution >= 4 is 16.0 Å². The quantitative estimate of drug-likeness (QED) is 0.0441. The van der Waals surface area contributed by atoms with Gasteiger partial charge in [0.2, 0.25) is 5.91 Å². The fraction of sp³-hybridized carbons (Fsp3) is 0.971. The number of rotatable bonds is 32. The summed E-state index contributed by atoms with van der Waals surface area (Å²) in [5.74, 6) is -1.44. The van der Waals surface area contributed by atoms with Gasteiger partial charge in [-0.05, 0) is 12.8 Å². The van der Waals surface area contributed by atoms with Crippen molar-refractivity contribution in [2.24, 2.45) is 0 Å². The van der Waals surface area contributed by atoms with Crippen LogP contribution in [0.5, 0.6) is 0 Å². The van der Waals surface area contributed by atoms with Gasteiger partial charge in [0, 0.05) is 0 Å². The molecule has 0 aromatic heterocycles. The Morgan fingerprint density at radius 2 is 0.857 bits per heavy atom. The Hall–Kier alpha value is -0.700. The molecule has 7 nitrogen and oxygen atoms in total. The summed E-state index contributed by atoms with van der Waals surface area (Å²) >= 11 is 0. The SMILES string of the molecule is CCCCCCCCCCCCCCCCCC(O)C(=O)NC(CS(=O)(=O)O)C(O)CCCCCCCCCCCC. The summed E-state index contributed by atoms with van der Waals surface area (Å²) in [4.78, 5) is 12.5. The highest BCUT2D eigenvalue weighted by molar-refractivity contribution is 7.85. The second kappa shape index (κ2) is 29.0. The van der Waals surface area contributed by atoms with Crippen LogP contribution >= 0.6 is 0 Å². The largest absolute Gasteiger partial charge is 0.391 e. The van der Waals surface area contributed by atoms with Crippen LogP contribution in [0.3, 0.4) is 0 Å². The minimum absolute atomic E-state index is 0.303. The Kier molecular flexibility index (Phi) is 28.6. The van der Waals surface area contributed by atoms with Gasteiger partial charge in [-0.25, -0.2) is 0 Å². The molecular weight excluding hydrogens is 550 g/mol. The molecule has 0 rings (SSSR count). The van der Waals surface area contributed by atoms with Crippen molar-refractivity contribution in [3.05, 3.63) is 0 Å². The lowest BCUT2D eigenvalue weighted by Crippen LogP contribution is -2.50. The van der Waals surface area contributed by atoms with E-state index in [0.717, 1.165) is 44.9 Å². The molecule has 0 spiro atoms. The summed E-state index contributed by atoms with van der Waals surface area (Å²) in [7, 11) is -4.39. The lowest BCUT2D eigenvalue weighted by atomic mass is 10.0. The van der Waals surface area contributed by atoms with Crippen LogP contribution in [0.4, 0.5) is 0 Å². The molecule has 3 atom stereocenters. The van der Waals surface area contributed by atoms with Crippen molar-refractivity contribution in [3.63, 3.8) is 0 Å². The first-order chi connectivity index (χ1) is 20.2. The van der Waals surface area contributed by atoms with E-state index < -0.39 is 40.0 Å². The normalized spacial score (nSPS) is 14.1. The molecule has 0 heterocycles. The van der Waals surface area contributed by atoms with Crippen LogP contribution in [-0.4, -0.2) is 53.1 Å². The summed E-state index contributed by atoms with van der Waals surface area (Å²) < 4.78 is 32.3. The molecule has 0 fully saturated rings. The first-order valence-corrected chi connectivity index (χ1v) is 19.4. The number of unbranched alkanes of at least 4 members (excludes halogenated alkanes) is 23. The number of amides is 1. The van der Waals surface area contributed by atoms with Crippen LogP contribution < -0.4 is 5.32 Å². The van der Waals surface area contributed by atoms with E-state index in [4.69, 9.17) is 0 Å². The predicted octanol–water partition coefficient (Wildman–Crippen LogP) is 8.65. The Balaban J connectivity index is 4.02. The number of hydrogen-bond donors (Lipinski definition) is 4. The molecule has 0 aromatic rings. The zero-order chi connectivity index (χ0) is 31.3. The number of carbonyl (C=O) groups excluding carboxylic acids is 1. The van der Waals surface area contributed by atoms with E-state index in [-0.39, 0.29) is 0 Å². The molecule has 42 heavy (non-hydrogen) atoms. The lowest BCUT2D eigenvalue weighted by molar-refractivity contribution is -0.131. The van der Waals surface area contributed by atoms with Crippen LogP contribution in [0.1, 0.15) is 187 Å². The van der Waals surface area contributed by atoms with Crippen LogP contribution in [0.2, 0.25) is 0 Å². The van der Waals surface area contributed by atoms with Gasteiger partial charge in [-0.1, -0.05) is 174 Å². The lowest BCUT2D eigenvalue weighted by Gasteiger charge is -2.24. The average molecular weight is 620 g/mol. The van der Waals surface area contributed by atoms with Crippen molar-refractivity contribution in [2.75, 3.05) is 5.75 Å². The number of hydrogen-bond acceptors (Lipinski definition) is 5. The van der Waals surface area contributed by atoms with E-state index in [2.05, 4.69) is 19.2 Å². The molecule has 0 saturated carbocycles. The standard InChI is InChI=1S/C34H69NO6S/c1-3-5-7-9-11-13-15-16-17-18-19-21-23-25-27-29-33(37)34(38)35-31(30-42(39,40)41)32(36)28-26-24-22-20-14-12-10-8-6-4-2/h31-33,36-37H,3-30H2,1-2H3,(H,35,38)(H,39,40,41). The smallest absolute Gasteiger partial charge is 0.266 e. The molecule has 3 unspecified atom stereocenters. The monoisotopic (exact) mass is 619 g/mol. The summed E-state index contributed by atoms with van der Waals surface area (Å²) in [5.41, 5.74) is 0. The van der Waals surface area contributed by atoms with Crippen LogP contribution in [-0.2, 0) is 14.9 Å². The van der Waals surface area contributed by atoms with Gasteiger partial charge >= 0.3 is 0 Å². The molecule has 0 aliphatic rings. The van der Waals surface area contributed by atoms with Crippen molar-refractivity contribution in [2.45, 2.75) is 205 Å². The highest BCUT2D eigenvalue weighted by atomic mass is 32.2. The Morgan fingerprint density at radius 3 is 1.19 bits per heavy atom. The second-order valence-electron chi connectivity index (χ2n) is 12.7. The third-order valence-corrected chi connectivity index (χ3v) is 9.20. The van der Waals surface area contributed by atoms with Gasteiger partial charge in [0.05, 0.1) is 17.9 Å². The third-order valence-electron chi connectivity index (χ3n) is 8.42. The molecular formula is C34H69NO6S. The van der Waals surface area contributed by atoms with Gasteiger partial charge in [0.1, 0.15) is 6.10 Å². The van der Waals surface area contributed by atoms with Crippen molar-refractivity contribution < 1.29 is 28.0 Å².